The molecule has 0 saturated carbocycles. The van der Waals surface area contributed by atoms with E-state index in [0.29, 0.717) is 29.1 Å². The van der Waals surface area contributed by atoms with E-state index >= 15 is 0 Å². The summed E-state index contributed by atoms with van der Waals surface area (Å²) in [5.74, 6) is 0.864. The molecule has 5 rings (SSSR count). The van der Waals surface area contributed by atoms with Crippen LogP contribution in [0.3, 0.4) is 0 Å². The van der Waals surface area contributed by atoms with Crippen LogP contribution >= 0.6 is 0 Å². The zero-order chi connectivity index (χ0) is 22.1. The summed E-state index contributed by atoms with van der Waals surface area (Å²) in [5, 5.41) is 11.7. The van der Waals surface area contributed by atoms with Gasteiger partial charge in [0.05, 0.1) is 16.8 Å². The van der Waals surface area contributed by atoms with E-state index in [2.05, 4.69) is 39.6 Å². The maximum absolute atomic E-state index is 11.8. The number of hydrogen-bond donors (Lipinski definition) is 3. The molecule has 0 unspecified atom stereocenters. The van der Waals surface area contributed by atoms with Gasteiger partial charge in [0.25, 0.3) is 5.91 Å². The molecule has 0 fully saturated rings. The van der Waals surface area contributed by atoms with Crippen molar-refractivity contribution in [2.24, 2.45) is 5.73 Å². The lowest BCUT2D eigenvalue weighted by molar-refractivity contribution is 0.100. The number of H-pyrrole nitrogens is 1. The monoisotopic (exact) mass is 427 g/mol. The summed E-state index contributed by atoms with van der Waals surface area (Å²) in [7, 11) is 2.12. The Morgan fingerprint density at radius 1 is 1.16 bits per heavy atom. The number of benzene rings is 2. The molecule has 0 radical (unpaired) electrons. The smallest absolute Gasteiger partial charge is 0.250 e. The molecule has 0 spiro atoms. The number of aromatic nitrogens is 4. The first kappa shape index (κ1) is 20.1. The van der Waals surface area contributed by atoms with Crippen molar-refractivity contribution in [2.45, 2.75) is 25.9 Å². The third-order valence-corrected chi connectivity index (χ3v) is 5.85. The molecule has 1 amide bonds. The van der Waals surface area contributed by atoms with Crippen LogP contribution in [0.2, 0.25) is 0 Å². The average molecular weight is 428 g/mol. The number of carbonyl (C=O) groups is 1. The van der Waals surface area contributed by atoms with E-state index in [1.807, 2.05) is 24.3 Å². The summed E-state index contributed by atoms with van der Waals surface area (Å²) < 4.78 is 0. The number of para-hydroxylation sites is 1. The number of hydrogen-bond acceptors (Lipinski definition) is 6. The van der Waals surface area contributed by atoms with Crippen LogP contribution in [-0.4, -0.2) is 44.6 Å². The average Bonchev–Trinajstić information content (AvgIpc) is 3.14. The zero-order valence-corrected chi connectivity index (χ0v) is 17.9. The summed E-state index contributed by atoms with van der Waals surface area (Å²) >= 11 is 0. The van der Waals surface area contributed by atoms with Gasteiger partial charge >= 0.3 is 0 Å². The van der Waals surface area contributed by atoms with Crippen LogP contribution < -0.4 is 11.1 Å². The van der Waals surface area contributed by atoms with Crippen molar-refractivity contribution in [3.05, 3.63) is 70.9 Å². The lowest BCUT2D eigenvalue weighted by Crippen LogP contribution is -2.19. The van der Waals surface area contributed by atoms with Crippen LogP contribution in [0.1, 0.15) is 33.6 Å². The molecule has 1 aliphatic heterocycles. The fraction of sp³-hybridized carbons (Fsp3) is 0.250. The fourth-order valence-electron chi connectivity index (χ4n) is 4.22. The second-order valence-corrected chi connectivity index (χ2v) is 8.17. The van der Waals surface area contributed by atoms with Crippen LogP contribution in [-0.2, 0) is 19.5 Å². The first-order chi connectivity index (χ1) is 15.6. The Bertz CT molecular complexity index is 1280. The van der Waals surface area contributed by atoms with Crippen LogP contribution in [0, 0.1) is 0 Å². The fourth-order valence-corrected chi connectivity index (χ4v) is 4.22. The number of carbonyl (C=O) groups excluding carboxylic acids is 1. The van der Waals surface area contributed by atoms with Crippen molar-refractivity contribution in [1.82, 2.24) is 25.1 Å². The summed E-state index contributed by atoms with van der Waals surface area (Å²) in [6.07, 6.45) is 1.91. The van der Waals surface area contributed by atoms with E-state index in [1.54, 1.807) is 12.1 Å². The molecule has 0 aliphatic carbocycles. The molecule has 4 N–H and O–H groups in total. The number of primary amides is 1. The lowest BCUT2D eigenvalue weighted by Gasteiger charge is -2.18. The van der Waals surface area contributed by atoms with Gasteiger partial charge in [0.2, 0.25) is 0 Å². The molecule has 8 nitrogen and oxygen atoms in total. The minimum atomic E-state index is -0.498. The molecule has 32 heavy (non-hydrogen) atoms. The number of nitrogens with two attached hydrogens (primary N) is 1. The number of nitrogens with one attached hydrogen (secondary N) is 2. The van der Waals surface area contributed by atoms with Gasteiger partial charge in [0.1, 0.15) is 11.5 Å². The number of fused-ring (bicyclic) bond motifs is 2. The van der Waals surface area contributed by atoms with Crippen LogP contribution in [0.15, 0.2) is 48.5 Å². The zero-order valence-electron chi connectivity index (χ0n) is 17.9. The molecule has 2 aromatic carbocycles. The van der Waals surface area contributed by atoms with Gasteiger partial charge < -0.3 is 16.0 Å². The highest BCUT2D eigenvalue weighted by Crippen LogP contribution is 2.30. The summed E-state index contributed by atoms with van der Waals surface area (Å²) in [6.45, 7) is 2.47. The molecule has 2 aromatic heterocycles. The van der Waals surface area contributed by atoms with Crippen LogP contribution in [0.4, 0.5) is 5.82 Å². The standard InChI is InChI=1S/C24H25N7O/c1-31-12-6-11-19-18(14-31)23(26-13-15-7-3-2-4-8-15)28-24(27-19)21-16-9-5-10-17(22(25)32)20(16)29-30-21/h2-5,7-10H,6,11-14H2,1H3,(H2,25,32)(H,29,30)(H,26,27,28). The van der Waals surface area contributed by atoms with Gasteiger partial charge in [-0.15, -0.1) is 0 Å². The normalized spacial score (nSPS) is 14.2. The Balaban J connectivity index is 1.60. The van der Waals surface area contributed by atoms with Crippen molar-refractivity contribution in [1.29, 1.82) is 0 Å². The maximum Gasteiger partial charge on any atom is 0.250 e. The van der Waals surface area contributed by atoms with Gasteiger partial charge in [-0.2, -0.15) is 5.10 Å². The van der Waals surface area contributed by atoms with E-state index in [1.165, 1.54) is 5.56 Å². The number of amides is 1. The molecule has 8 heteroatoms. The topological polar surface area (TPSA) is 113 Å². The Hall–Kier alpha value is -3.78. The number of aromatic amines is 1. The van der Waals surface area contributed by atoms with Crippen molar-refractivity contribution in [2.75, 3.05) is 18.9 Å². The molecule has 1 aliphatic rings. The molecule has 162 valence electrons. The van der Waals surface area contributed by atoms with Crippen molar-refractivity contribution in [3.63, 3.8) is 0 Å². The van der Waals surface area contributed by atoms with Gasteiger partial charge in [-0.05, 0) is 38.1 Å². The number of anilines is 1. The molecular formula is C24H25N7O. The molecule has 4 aromatic rings. The number of rotatable bonds is 5. The van der Waals surface area contributed by atoms with E-state index in [4.69, 9.17) is 15.7 Å². The third kappa shape index (κ3) is 3.80. The second-order valence-electron chi connectivity index (χ2n) is 8.17. The SMILES string of the molecule is CN1CCCc2nc(-c3n[nH]c4c(C(N)=O)cccc34)nc(NCc3ccccc3)c2C1. The highest BCUT2D eigenvalue weighted by Gasteiger charge is 2.22. The molecule has 0 atom stereocenters. The lowest BCUT2D eigenvalue weighted by atomic mass is 10.1. The van der Waals surface area contributed by atoms with Crippen molar-refractivity contribution in [3.8, 4) is 11.5 Å². The van der Waals surface area contributed by atoms with Gasteiger partial charge in [0.15, 0.2) is 5.82 Å². The number of aryl methyl sites for hydroxylation is 1. The van der Waals surface area contributed by atoms with Crippen molar-refractivity contribution >= 4 is 22.6 Å². The van der Waals surface area contributed by atoms with E-state index in [9.17, 15) is 4.79 Å². The Morgan fingerprint density at radius 3 is 2.81 bits per heavy atom. The van der Waals surface area contributed by atoms with Crippen LogP contribution in [0.5, 0.6) is 0 Å². The third-order valence-electron chi connectivity index (χ3n) is 5.85. The quantitative estimate of drug-likeness (QED) is 0.451. The first-order valence-electron chi connectivity index (χ1n) is 10.7. The van der Waals surface area contributed by atoms with E-state index in [0.717, 1.165) is 48.4 Å². The maximum atomic E-state index is 11.8. The predicted octanol–water partition coefficient (Wildman–Crippen LogP) is 3.11. The molecule has 0 saturated heterocycles. The largest absolute Gasteiger partial charge is 0.366 e. The van der Waals surface area contributed by atoms with E-state index in [-0.39, 0.29) is 0 Å². The highest BCUT2D eigenvalue weighted by molar-refractivity contribution is 6.07. The predicted molar refractivity (Wildman–Crippen MR) is 124 cm³/mol. The highest BCUT2D eigenvalue weighted by atomic mass is 16.1. The second kappa shape index (κ2) is 8.39. The first-order valence-corrected chi connectivity index (χ1v) is 10.7. The summed E-state index contributed by atoms with van der Waals surface area (Å²) in [6, 6.07) is 15.6. The van der Waals surface area contributed by atoms with Gasteiger partial charge in [-0.3, -0.25) is 9.89 Å². The minimum absolute atomic E-state index is 0.403. The van der Waals surface area contributed by atoms with Crippen LogP contribution in [0.25, 0.3) is 22.4 Å². The Morgan fingerprint density at radius 2 is 2.00 bits per heavy atom. The molecule has 0 bridgehead atoms. The minimum Gasteiger partial charge on any atom is -0.366 e. The van der Waals surface area contributed by atoms with E-state index < -0.39 is 5.91 Å². The Labute approximate surface area is 185 Å². The van der Waals surface area contributed by atoms with Crippen molar-refractivity contribution < 1.29 is 4.79 Å². The van der Waals surface area contributed by atoms with Gasteiger partial charge in [-0.25, -0.2) is 9.97 Å². The molecular weight excluding hydrogens is 402 g/mol. The number of nitrogens with zero attached hydrogens (tertiary/aromatic N) is 4. The molecule has 3 heterocycles. The summed E-state index contributed by atoms with van der Waals surface area (Å²) in [4.78, 5) is 23.9. The van der Waals surface area contributed by atoms with Gasteiger partial charge in [-0.1, -0.05) is 42.5 Å². The Kier molecular flexibility index (Phi) is 5.28. The summed E-state index contributed by atoms with van der Waals surface area (Å²) in [5.41, 5.74) is 10.5. The van der Waals surface area contributed by atoms with Gasteiger partial charge in [0, 0.05) is 24.0 Å².